The first kappa shape index (κ1) is 16.5. The lowest BCUT2D eigenvalue weighted by Crippen LogP contribution is -2.14. The van der Waals surface area contributed by atoms with Crippen molar-refractivity contribution in [1.29, 1.82) is 0 Å². The lowest BCUT2D eigenvalue weighted by atomic mass is 10.1. The van der Waals surface area contributed by atoms with Crippen LogP contribution in [-0.2, 0) is 0 Å². The summed E-state index contributed by atoms with van der Waals surface area (Å²) in [6, 6.07) is 18.7. The molecule has 3 aromatic carbocycles. The summed E-state index contributed by atoms with van der Waals surface area (Å²) in [6.45, 7) is 3.84. The maximum absolute atomic E-state index is 12.6. The van der Waals surface area contributed by atoms with Gasteiger partial charge in [-0.2, -0.15) is 0 Å². The van der Waals surface area contributed by atoms with Crippen molar-refractivity contribution in [2.24, 2.45) is 0 Å². The Bertz CT molecular complexity index is 887. The third-order valence-corrected chi connectivity index (χ3v) is 4.32. The lowest BCUT2D eigenvalue weighted by Gasteiger charge is -2.14. The summed E-state index contributed by atoms with van der Waals surface area (Å²) in [5.41, 5.74) is 0.409. The molecule has 0 unspecified atom stereocenters. The molecule has 0 aliphatic heterocycles. The second-order valence-corrected chi connectivity index (χ2v) is 6.44. The SMILES string of the molecule is CC(C)Oc1ccccc1C(=O)Oc1ccc2ccccc2c1Br. The van der Waals surface area contributed by atoms with Gasteiger partial charge < -0.3 is 9.47 Å². The smallest absolute Gasteiger partial charge is 0.347 e. The van der Waals surface area contributed by atoms with Gasteiger partial charge in [0, 0.05) is 0 Å². The van der Waals surface area contributed by atoms with E-state index in [2.05, 4.69) is 15.9 Å². The Labute approximate surface area is 149 Å². The molecular formula is C20H17BrO3. The number of carbonyl (C=O) groups excluding carboxylic acids is 1. The van der Waals surface area contributed by atoms with Crippen molar-refractivity contribution in [3.05, 3.63) is 70.7 Å². The first-order valence-corrected chi connectivity index (χ1v) is 8.50. The molecule has 3 aromatic rings. The molecule has 0 bridgehead atoms. The first-order valence-electron chi connectivity index (χ1n) is 7.71. The van der Waals surface area contributed by atoms with Gasteiger partial charge in [-0.15, -0.1) is 0 Å². The van der Waals surface area contributed by atoms with Gasteiger partial charge >= 0.3 is 5.97 Å². The van der Waals surface area contributed by atoms with Crippen LogP contribution in [0.4, 0.5) is 0 Å². The van der Waals surface area contributed by atoms with Crippen LogP contribution in [0.1, 0.15) is 24.2 Å². The molecule has 0 aromatic heterocycles. The summed E-state index contributed by atoms with van der Waals surface area (Å²) >= 11 is 3.53. The molecule has 0 heterocycles. The number of halogens is 1. The first-order chi connectivity index (χ1) is 11.6. The van der Waals surface area contributed by atoms with Gasteiger partial charge in [0.1, 0.15) is 17.1 Å². The van der Waals surface area contributed by atoms with Crippen molar-refractivity contribution >= 4 is 32.7 Å². The van der Waals surface area contributed by atoms with Gasteiger partial charge in [-0.1, -0.05) is 42.5 Å². The van der Waals surface area contributed by atoms with Crippen LogP contribution in [0.2, 0.25) is 0 Å². The molecule has 4 heteroatoms. The van der Waals surface area contributed by atoms with Crippen molar-refractivity contribution in [1.82, 2.24) is 0 Å². The predicted molar refractivity (Wildman–Crippen MR) is 98.8 cm³/mol. The third-order valence-electron chi connectivity index (χ3n) is 3.50. The predicted octanol–water partition coefficient (Wildman–Crippen LogP) is 5.61. The highest BCUT2D eigenvalue weighted by molar-refractivity contribution is 9.10. The highest BCUT2D eigenvalue weighted by Gasteiger charge is 2.17. The van der Waals surface area contributed by atoms with Crippen LogP contribution >= 0.6 is 15.9 Å². The number of carbonyl (C=O) groups is 1. The molecule has 3 rings (SSSR count). The fourth-order valence-electron chi connectivity index (χ4n) is 2.44. The Morgan fingerprint density at radius 2 is 1.62 bits per heavy atom. The third kappa shape index (κ3) is 3.44. The van der Waals surface area contributed by atoms with Crippen LogP contribution in [-0.4, -0.2) is 12.1 Å². The van der Waals surface area contributed by atoms with Crippen LogP contribution in [0.25, 0.3) is 10.8 Å². The van der Waals surface area contributed by atoms with Crippen molar-refractivity contribution in [2.75, 3.05) is 0 Å². The Morgan fingerprint density at radius 3 is 2.42 bits per heavy atom. The van der Waals surface area contributed by atoms with Gasteiger partial charge in [0.25, 0.3) is 0 Å². The minimum Gasteiger partial charge on any atom is -0.490 e. The van der Waals surface area contributed by atoms with E-state index >= 15 is 0 Å². The number of hydrogen-bond donors (Lipinski definition) is 0. The standard InChI is InChI=1S/C20H17BrO3/c1-13(2)23-17-10-6-5-9-16(17)20(22)24-18-12-11-14-7-3-4-8-15(14)19(18)21/h3-13H,1-2H3. The Hall–Kier alpha value is -2.33. The Balaban J connectivity index is 1.92. The van der Waals surface area contributed by atoms with E-state index in [1.165, 1.54) is 0 Å². The highest BCUT2D eigenvalue weighted by atomic mass is 79.9. The van der Waals surface area contributed by atoms with Crippen LogP contribution in [0.5, 0.6) is 11.5 Å². The molecule has 0 fully saturated rings. The second kappa shape index (κ2) is 7.05. The lowest BCUT2D eigenvalue weighted by molar-refractivity contribution is 0.0727. The average Bonchev–Trinajstić information content (AvgIpc) is 2.57. The van der Waals surface area contributed by atoms with E-state index in [1.54, 1.807) is 24.3 Å². The zero-order chi connectivity index (χ0) is 17.1. The largest absolute Gasteiger partial charge is 0.490 e. The van der Waals surface area contributed by atoms with E-state index in [0.717, 1.165) is 15.2 Å². The summed E-state index contributed by atoms with van der Waals surface area (Å²) in [5.74, 6) is 0.565. The van der Waals surface area contributed by atoms with Crippen LogP contribution < -0.4 is 9.47 Å². The van der Waals surface area contributed by atoms with Gasteiger partial charge in [0.05, 0.1) is 10.6 Å². The van der Waals surface area contributed by atoms with E-state index in [-0.39, 0.29) is 6.10 Å². The number of benzene rings is 3. The summed E-state index contributed by atoms with van der Waals surface area (Å²) in [4.78, 5) is 12.6. The van der Waals surface area contributed by atoms with Crippen LogP contribution in [0, 0.1) is 0 Å². The molecule has 0 N–H and O–H groups in total. The minimum absolute atomic E-state index is 0.0219. The summed E-state index contributed by atoms with van der Waals surface area (Å²) in [6.07, 6.45) is -0.0219. The molecule has 0 saturated carbocycles. The number of hydrogen-bond acceptors (Lipinski definition) is 3. The van der Waals surface area contributed by atoms with Gasteiger partial charge in [-0.3, -0.25) is 0 Å². The molecule has 0 atom stereocenters. The van der Waals surface area contributed by atoms with Crippen LogP contribution in [0.3, 0.4) is 0 Å². The Kier molecular flexibility index (Phi) is 4.86. The average molecular weight is 385 g/mol. The minimum atomic E-state index is -0.442. The number of para-hydroxylation sites is 1. The summed E-state index contributed by atoms with van der Waals surface area (Å²) in [5, 5.41) is 2.07. The van der Waals surface area contributed by atoms with E-state index < -0.39 is 5.97 Å². The van der Waals surface area contributed by atoms with E-state index in [0.29, 0.717) is 17.1 Å². The molecule has 3 nitrogen and oxygen atoms in total. The number of ether oxygens (including phenoxy) is 2. The topological polar surface area (TPSA) is 35.5 Å². The van der Waals surface area contributed by atoms with Crippen LogP contribution in [0.15, 0.2) is 65.1 Å². The second-order valence-electron chi connectivity index (χ2n) is 5.65. The fraction of sp³-hybridized carbons (Fsp3) is 0.150. The molecule has 0 aliphatic rings. The van der Waals surface area contributed by atoms with Crippen molar-refractivity contribution in [3.63, 3.8) is 0 Å². The molecular weight excluding hydrogens is 368 g/mol. The van der Waals surface area contributed by atoms with Gasteiger partial charge in [0.2, 0.25) is 0 Å². The quantitative estimate of drug-likeness (QED) is 0.433. The van der Waals surface area contributed by atoms with E-state index in [9.17, 15) is 4.79 Å². The normalized spacial score (nSPS) is 10.8. The fourth-order valence-corrected chi connectivity index (χ4v) is 3.01. The zero-order valence-corrected chi connectivity index (χ0v) is 15.0. The Morgan fingerprint density at radius 1 is 0.917 bits per heavy atom. The maximum Gasteiger partial charge on any atom is 0.347 e. The van der Waals surface area contributed by atoms with Gasteiger partial charge in [-0.05, 0) is 58.7 Å². The van der Waals surface area contributed by atoms with Crippen molar-refractivity contribution in [3.8, 4) is 11.5 Å². The van der Waals surface area contributed by atoms with Crippen molar-refractivity contribution < 1.29 is 14.3 Å². The summed E-state index contributed by atoms with van der Waals surface area (Å²) in [7, 11) is 0. The molecule has 0 saturated heterocycles. The molecule has 24 heavy (non-hydrogen) atoms. The van der Waals surface area contributed by atoms with E-state index in [1.807, 2.05) is 50.2 Å². The maximum atomic E-state index is 12.6. The molecule has 0 aliphatic carbocycles. The molecule has 122 valence electrons. The van der Waals surface area contributed by atoms with Gasteiger partial charge in [-0.25, -0.2) is 4.79 Å². The molecule has 0 spiro atoms. The highest BCUT2D eigenvalue weighted by Crippen LogP contribution is 2.34. The number of fused-ring (bicyclic) bond motifs is 1. The number of esters is 1. The number of rotatable bonds is 4. The zero-order valence-electron chi connectivity index (χ0n) is 13.5. The molecule has 0 amide bonds. The molecule has 0 radical (unpaired) electrons. The monoisotopic (exact) mass is 384 g/mol. The summed E-state index contributed by atoms with van der Waals surface area (Å²) < 4.78 is 12.0. The van der Waals surface area contributed by atoms with E-state index in [4.69, 9.17) is 9.47 Å². The van der Waals surface area contributed by atoms with Crippen molar-refractivity contribution in [2.45, 2.75) is 20.0 Å². The van der Waals surface area contributed by atoms with Gasteiger partial charge in [0.15, 0.2) is 0 Å².